The Morgan fingerprint density at radius 1 is 1.18 bits per heavy atom. The fourth-order valence-electron chi connectivity index (χ4n) is 3.31. The van der Waals surface area contributed by atoms with Gasteiger partial charge in [0.15, 0.2) is 5.65 Å². The van der Waals surface area contributed by atoms with Crippen molar-refractivity contribution in [2.75, 3.05) is 7.11 Å². The van der Waals surface area contributed by atoms with E-state index in [1.807, 2.05) is 32.3 Å². The quantitative estimate of drug-likeness (QED) is 0.464. The molecule has 0 N–H and O–H groups in total. The molecule has 0 spiro atoms. The molecule has 5 rings (SSSR count). The van der Waals surface area contributed by atoms with Crippen LogP contribution < -0.4 is 4.74 Å². The molecule has 9 nitrogen and oxygen atoms in total. The largest absolute Gasteiger partial charge is 0.479 e. The molecule has 0 aromatic carbocycles. The highest BCUT2D eigenvalue weighted by atomic mass is 32.1. The first kappa shape index (κ1) is 16.8. The Kier molecular flexibility index (Phi) is 3.79. The van der Waals surface area contributed by atoms with E-state index in [2.05, 4.69) is 40.9 Å². The van der Waals surface area contributed by atoms with Gasteiger partial charge >= 0.3 is 0 Å². The highest BCUT2D eigenvalue weighted by Crippen LogP contribution is 2.31. The molecule has 0 radical (unpaired) electrons. The summed E-state index contributed by atoms with van der Waals surface area (Å²) in [7, 11) is 1.60. The number of hydrogen-bond acceptors (Lipinski definition) is 8. The Hall–Kier alpha value is -3.40. The zero-order valence-electron chi connectivity index (χ0n) is 15.5. The van der Waals surface area contributed by atoms with Crippen molar-refractivity contribution in [2.24, 2.45) is 0 Å². The third-order valence-electron chi connectivity index (χ3n) is 4.58. The van der Waals surface area contributed by atoms with Crippen molar-refractivity contribution >= 4 is 28.0 Å². The molecule has 0 bridgehead atoms. The number of methoxy groups -OCH3 is 1. The fraction of sp³-hybridized carbons (Fsp3) is 0.222. The van der Waals surface area contributed by atoms with Gasteiger partial charge in [-0.05, 0) is 26.0 Å². The number of aryl methyl sites for hydroxylation is 2. The summed E-state index contributed by atoms with van der Waals surface area (Å²) in [5.41, 5.74) is 4.34. The predicted molar refractivity (Wildman–Crippen MR) is 105 cm³/mol. The summed E-state index contributed by atoms with van der Waals surface area (Å²) in [6.45, 7) is 4.54. The van der Waals surface area contributed by atoms with Gasteiger partial charge in [-0.15, -0.1) is 10.2 Å². The summed E-state index contributed by atoms with van der Waals surface area (Å²) in [6, 6.07) is 4.06. The lowest BCUT2D eigenvalue weighted by atomic mass is 10.1. The average molecular weight is 392 g/mol. The molecule has 5 aromatic heterocycles. The topological polar surface area (TPSA) is 95.9 Å². The smallest absolute Gasteiger partial charge is 0.241 e. The van der Waals surface area contributed by atoms with Crippen molar-refractivity contribution in [3.63, 3.8) is 0 Å². The highest BCUT2D eigenvalue weighted by Gasteiger charge is 2.16. The Balaban J connectivity index is 1.67. The lowest BCUT2D eigenvalue weighted by Gasteiger charge is -2.06. The molecule has 0 saturated carbocycles. The van der Waals surface area contributed by atoms with Crippen molar-refractivity contribution in [3.8, 4) is 17.0 Å². The number of rotatable bonds is 4. The van der Waals surface area contributed by atoms with Crippen LogP contribution >= 0.6 is 11.3 Å². The molecule has 0 aliphatic rings. The average Bonchev–Trinajstić information content (AvgIpc) is 3.39. The maximum Gasteiger partial charge on any atom is 0.241 e. The maximum atomic E-state index is 5.42. The van der Waals surface area contributed by atoms with Crippen molar-refractivity contribution in [1.29, 1.82) is 0 Å². The molecule has 0 aliphatic heterocycles. The predicted octanol–water partition coefficient (Wildman–Crippen LogP) is 2.67. The van der Waals surface area contributed by atoms with Crippen LogP contribution in [0.5, 0.6) is 5.88 Å². The van der Waals surface area contributed by atoms with Crippen LogP contribution in [0, 0.1) is 13.8 Å². The summed E-state index contributed by atoms with van der Waals surface area (Å²) in [5.74, 6) is 1.40. The molecule has 28 heavy (non-hydrogen) atoms. The summed E-state index contributed by atoms with van der Waals surface area (Å²) < 4.78 is 9.28. The molecular weight excluding hydrogens is 376 g/mol. The lowest BCUT2D eigenvalue weighted by Crippen LogP contribution is -2.02. The molecule has 140 valence electrons. The van der Waals surface area contributed by atoms with Crippen LogP contribution in [0.2, 0.25) is 0 Å². The SMILES string of the molecule is COc1ncnn2ccc(-c3cnc4nc(C)n(Cc5nnc(C)s5)c4c3)c12. The number of imidazole rings is 1. The van der Waals surface area contributed by atoms with Gasteiger partial charge in [0.25, 0.3) is 0 Å². The number of ether oxygens (including phenoxy) is 1. The first-order valence-corrected chi connectivity index (χ1v) is 9.44. The summed E-state index contributed by atoms with van der Waals surface area (Å²) in [5, 5.41) is 14.5. The van der Waals surface area contributed by atoms with Crippen LogP contribution in [-0.4, -0.2) is 46.4 Å². The van der Waals surface area contributed by atoms with Crippen molar-refractivity contribution in [1.82, 2.24) is 39.3 Å². The van der Waals surface area contributed by atoms with E-state index in [9.17, 15) is 0 Å². The zero-order valence-corrected chi connectivity index (χ0v) is 16.3. The van der Waals surface area contributed by atoms with E-state index in [0.29, 0.717) is 18.1 Å². The number of pyridine rings is 1. The second kappa shape index (κ2) is 6.34. The number of nitrogens with zero attached hydrogens (tertiary/aromatic N) is 8. The molecule has 5 heterocycles. The Morgan fingerprint density at radius 3 is 2.86 bits per heavy atom. The normalized spacial score (nSPS) is 11.5. The molecule has 10 heteroatoms. The minimum absolute atomic E-state index is 0.518. The van der Waals surface area contributed by atoms with E-state index >= 15 is 0 Å². The minimum Gasteiger partial charge on any atom is -0.479 e. The van der Waals surface area contributed by atoms with Crippen molar-refractivity contribution < 1.29 is 4.74 Å². The monoisotopic (exact) mass is 392 g/mol. The van der Waals surface area contributed by atoms with Crippen LogP contribution in [0.3, 0.4) is 0 Å². The standard InChI is InChI=1S/C18H16N8OS/c1-10-22-17-14(25(10)8-15-24-23-11(2)28-15)6-12(7-19-17)13-4-5-26-16(13)18(27-3)20-9-21-26/h4-7,9H,8H2,1-3H3. The molecule has 0 saturated heterocycles. The van der Waals surface area contributed by atoms with Crippen LogP contribution in [-0.2, 0) is 6.54 Å². The number of fused-ring (bicyclic) bond motifs is 2. The van der Waals surface area contributed by atoms with Crippen molar-refractivity contribution in [2.45, 2.75) is 20.4 Å². The molecule has 0 aliphatic carbocycles. The first-order chi connectivity index (χ1) is 13.6. The van der Waals surface area contributed by atoms with Crippen LogP contribution in [0.4, 0.5) is 0 Å². The van der Waals surface area contributed by atoms with Gasteiger partial charge in [-0.25, -0.2) is 14.5 Å². The van der Waals surface area contributed by atoms with E-state index in [0.717, 1.165) is 38.0 Å². The molecule has 5 aromatic rings. The van der Waals surface area contributed by atoms with Crippen LogP contribution in [0.1, 0.15) is 15.8 Å². The Bertz CT molecular complexity index is 1320. The second-order valence-electron chi connectivity index (χ2n) is 6.32. The molecular formula is C18H16N8OS. The van der Waals surface area contributed by atoms with Gasteiger partial charge in [-0.3, -0.25) is 0 Å². The van der Waals surface area contributed by atoms with Gasteiger partial charge in [0.2, 0.25) is 5.88 Å². The third kappa shape index (κ3) is 2.61. The molecule has 0 amide bonds. The third-order valence-corrected chi connectivity index (χ3v) is 5.41. The van der Waals surface area contributed by atoms with E-state index in [1.165, 1.54) is 6.33 Å². The first-order valence-electron chi connectivity index (χ1n) is 8.62. The number of aromatic nitrogens is 8. The lowest BCUT2D eigenvalue weighted by molar-refractivity contribution is 0.399. The second-order valence-corrected chi connectivity index (χ2v) is 7.58. The van der Waals surface area contributed by atoms with E-state index in [-0.39, 0.29) is 0 Å². The molecule has 0 unspecified atom stereocenters. The van der Waals surface area contributed by atoms with Crippen LogP contribution in [0.15, 0.2) is 30.9 Å². The van der Waals surface area contributed by atoms with Crippen LogP contribution in [0.25, 0.3) is 27.8 Å². The summed E-state index contributed by atoms with van der Waals surface area (Å²) >= 11 is 1.58. The highest BCUT2D eigenvalue weighted by molar-refractivity contribution is 7.11. The van der Waals surface area contributed by atoms with Gasteiger partial charge in [-0.2, -0.15) is 10.1 Å². The number of hydrogen-bond donors (Lipinski definition) is 0. The fourth-order valence-corrected chi connectivity index (χ4v) is 4.01. The van der Waals surface area contributed by atoms with E-state index < -0.39 is 0 Å². The van der Waals surface area contributed by atoms with E-state index in [1.54, 1.807) is 23.0 Å². The maximum absolute atomic E-state index is 5.42. The van der Waals surface area contributed by atoms with Gasteiger partial charge < -0.3 is 9.30 Å². The Labute approximate surface area is 163 Å². The van der Waals surface area contributed by atoms with E-state index in [4.69, 9.17) is 4.74 Å². The van der Waals surface area contributed by atoms with Gasteiger partial charge in [0, 0.05) is 23.5 Å². The minimum atomic E-state index is 0.518. The Morgan fingerprint density at radius 2 is 2.07 bits per heavy atom. The summed E-state index contributed by atoms with van der Waals surface area (Å²) in [4.78, 5) is 13.4. The van der Waals surface area contributed by atoms with Crippen molar-refractivity contribution in [3.05, 3.63) is 46.7 Å². The molecule has 0 atom stereocenters. The van der Waals surface area contributed by atoms with Gasteiger partial charge in [0.1, 0.15) is 27.7 Å². The van der Waals surface area contributed by atoms with Gasteiger partial charge in [-0.1, -0.05) is 11.3 Å². The molecule has 0 fully saturated rings. The zero-order chi connectivity index (χ0) is 19.3. The van der Waals surface area contributed by atoms with Gasteiger partial charge in [0.05, 0.1) is 19.2 Å². The summed E-state index contributed by atoms with van der Waals surface area (Å²) in [6.07, 6.45) is 5.17.